The van der Waals surface area contributed by atoms with Gasteiger partial charge in [0.25, 0.3) is 0 Å². The fraction of sp³-hybridized carbons (Fsp3) is 0.182. The number of hydrogen-bond acceptors (Lipinski definition) is 4. The predicted octanol–water partition coefficient (Wildman–Crippen LogP) is 1.30. The van der Waals surface area contributed by atoms with Crippen molar-refractivity contribution in [1.82, 2.24) is 14.8 Å². The van der Waals surface area contributed by atoms with Gasteiger partial charge in [-0.1, -0.05) is 6.07 Å². The molecular formula is C11H11N5. The Kier molecular flexibility index (Phi) is 2.83. The summed E-state index contributed by atoms with van der Waals surface area (Å²) >= 11 is 0. The van der Waals surface area contributed by atoms with Crippen molar-refractivity contribution in [2.45, 2.75) is 6.54 Å². The minimum atomic E-state index is 0.551. The summed E-state index contributed by atoms with van der Waals surface area (Å²) in [6.07, 6.45) is 1.66. The van der Waals surface area contributed by atoms with E-state index in [1.54, 1.807) is 23.1 Å². The van der Waals surface area contributed by atoms with E-state index in [9.17, 15) is 0 Å². The number of nitrogens with one attached hydrogen (secondary N) is 1. The number of benzene rings is 1. The molecule has 0 fully saturated rings. The Hall–Kier alpha value is -2.35. The first-order chi connectivity index (χ1) is 7.78. The standard InChI is InChI=1S/C11H11N5/c1-16-8-14-11(15-16)7-13-10-4-2-3-9(5-10)6-12/h2-5,8,13H,7H2,1H3. The van der Waals surface area contributed by atoms with Crippen LogP contribution in [0.2, 0.25) is 0 Å². The zero-order valence-electron chi connectivity index (χ0n) is 8.88. The average molecular weight is 213 g/mol. The molecule has 5 heteroatoms. The van der Waals surface area contributed by atoms with Crippen molar-refractivity contribution >= 4 is 5.69 Å². The number of nitrogens with zero attached hydrogens (tertiary/aromatic N) is 4. The SMILES string of the molecule is Cn1cnc(CNc2cccc(C#N)c2)n1. The van der Waals surface area contributed by atoms with E-state index in [1.165, 1.54) is 0 Å². The van der Waals surface area contributed by atoms with Crippen molar-refractivity contribution < 1.29 is 0 Å². The molecule has 0 saturated carbocycles. The summed E-state index contributed by atoms with van der Waals surface area (Å²) in [5.74, 6) is 0.727. The summed E-state index contributed by atoms with van der Waals surface area (Å²) in [6, 6.07) is 9.40. The molecular weight excluding hydrogens is 202 g/mol. The normalized spacial score (nSPS) is 9.75. The third-order valence-electron chi connectivity index (χ3n) is 2.09. The first kappa shape index (κ1) is 10.2. The highest BCUT2D eigenvalue weighted by molar-refractivity contribution is 5.49. The lowest BCUT2D eigenvalue weighted by molar-refractivity contribution is 0.747. The summed E-state index contributed by atoms with van der Waals surface area (Å²) in [5.41, 5.74) is 1.53. The summed E-state index contributed by atoms with van der Waals surface area (Å²) in [6.45, 7) is 0.551. The zero-order chi connectivity index (χ0) is 11.4. The minimum Gasteiger partial charge on any atom is -0.378 e. The van der Waals surface area contributed by atoms with Crippen LogP contribution in [0, 0.1) is 11.3 Å². The molecule has 0 amide bonds. The molecule has 80 valence electrons. The molecule has 1 aromatic heterocycles. The summed E-state index contributed by atoms with van der Waals surface area (Å²) in [4.78, 5) is 4.10. The van der Waals surface area contributed by atoms with Crippen LogP contribution in [0.3, 0.4) is 0 Å². The molecule has 2 aromatic rings. The number of nitriles is 1. The first-order valence-electron chi connectivity index (χ1n) is 4.86. The Morgan fingerprint density at radius 1 is 1.50 bits per heavy atom. The molecule has 1 heterocycles. The smallest absolute Gasteiger partial charge is 0.169 e. The molecule has 0 saturated heterocycles. The second-order valence-electron chi connectivity index (χ2n) is 3.38. The fourth-order valence-corrected chi connectivity index (χ4v) is 1.34. The van der Waals surface area contributed by atoms with Crippen molar-refractivity contribution in [3.8, 4) is 6.07 Å². The first-order valence-corrected chi connectivity index (χ1v) is 4.86. The van der Waals surface area contributed by atoms with E-state index in [1.807, 2.05) is 19.2 Å². The van der Waals surface area contributed by atoms with E-state index in [2.05, 4.69) is 21.5 Å². The number of hydrogen-bond donors (Lipinski definition) is 1. The fourth-order valence-electron chi connectivity index (χ4n) is 1.34. The number of anilines is 1. The van der Waals surface area contributed by atoms with Gasteiger partial charge in [-0.15, -0.1) is 0 Å². The molecule has 1 N–H and O–H groups in total. The molecule has 0 radical (unpaired) electrons. The molecule has 0 aliphatic carbocycles. The van der Waals surface area contributed by atoms with Gasteiger partial charge in [0, 0.05) is 12.7 Å². The van der Waals surface area contributed by atoms with Crippen molar-refractivity contribution in [2.75, 3.05) is 5.32 Å². The van der Waals surface area contributed by atoms with Crippen LogP contribution in [0.25, 0.3) is 0 Å². The van der Waals surface area contributed by atoms with Crippen LogP contribution in [0.5, 0.6) is 0 Å². The van der Waals surface area contributed by atoms with Crippen LogP contribution in [-0.2, 0) is 13.6 Å². The molecule has 0 atom stereocenters. The average Bonchev–Trinajstić information content (AvgIpc) is 2.73. The van der Waals surface area contributed by atoms with Gasteiger partial charge in [-0.05, 0) is 18.2 Å². The largest absolute Gasteiger partial charge is 0.378 e. The summed E-state index contributed by atoms with van der Waals surface area (Å²) in [7, 11) is 1.83. The highest BCUT2D eigenvalue weighted by Gasteiger charge is 1.99. The molecule has 16 heavy (non-hydrogen) atoms. The van der Waals surface area contributed by atoms with E-state index in [0.717, 1.165) is 11.5 Å². The maximum absolute atomic E-state index is 8.74. The van der Waals surface area contributed by atoms with Gasteiger partial charge < -0.3 is 5.32 Å². The second-order valence-corrected chi connectivity index (χ2v) is 3.38. The van der Waals surface area contributed by atoms with Crippen molar-refractivity contribution in [3.63, 3.8) is 0 Å². The van der Waals surface area contributed by atoms with Crippen molar-refractivity contribution in [3.05, 3.63) is 42.0 Å². The third kappa shape index (κ3) is 2.36. The molecule has 0 spiro atoms. The van der Waals surface area contributed by atoms with Gasteiger partial charge in [0.2, 0.25) is 0 Å². The number of aromatic nitrogens is 3. The second kappa shape index (κ2) is 4.45. The van der Waals surface area contributed by atoms with E-state index >= 15 is 0 Å². The van der Waals surface area contributed by atoms with Gasteiger partial charge in [-0.2, -0.15) is 10.4 Å². The van der Waals surface area contributed by atoms with Crippen molar-refractivity contribution in [2.24, 2.45) is 7.05 Å². The van der Waals surface area contributed by atoms with E-state index in [0.29, 0.717) is 12.1 Å². The lowest BCUT2D eigenvalue weighted by Crippen LogP contribution is -2.02. The van der Waals surface area contributed by atoms with Crippen LogP contribution < -0.4 is 5.32 Å². The van der Waals surface area contributed by atoms with Crippen LogP contribution in [0.1, 0.15) is 11.4 Å². The van der Waals surface area contributed by atoms with E-state index < -0.39 is 0 Å². The lowest BCUT2D eigenvalue weighted by Gasteiger charge is -2.03. The Morgan fingerprint density at radius 2 is 2.38 bits per heavy atom. The minimum absolute atomic E-state index is 0.551. The zero-order valence-corrected chi connectivity index (χ0v) is 8.88. The summed E-state index contributed by atoms with van der Waals surface area (Å²) in [5, 5.41) is 16.1. The van der Waals surface area contributed by atoms with Gasteiger partial charge in [0.1, 0.15) is 6.33 Å². The van der Waals surface area contributed by atoms with Gasteiger partial charge >= 0.3 is 0 Å². The molecule has 5 nitrogen and oxygen atoms in total. The quantitative estimate of drug-likeness (QED) is 0.834. The van der Waals surface area contributed by atoms with Crippen LogP contribution >= 0.6 is 0 Å². The molecule has 0 unspecified atom stereocenters. The Balaban J connectivity index is 2.02. The molecule has 0 bridgehead atoms. The Labute approximate surface area is 93.4 Å². The highest BCUT2D eigenvalue weighted by Crippen LogP contribution is 2.10. The highest BCUT2D eigenvalue weighted by atomic mass is 15.3. The molecule has 2 rings (SSSR count). The van der Waals surface area contributed by atoms with Crippen molar-refractivity contribution in [1.29, 1.82) is 5.26 Å². The lowest BCUT2D eigenvalue weighted by atomic mass is 10.2. The van der Waals surface area contributed by atoms with Gasteiger partial charge in [0.15, 0.2) is 5.82 Å². The molecule has 0 aliphatic heterocycles. The maximum atomic E-state index is 8.74. The molecule has 1 aromatic carbocycles. The van der Waals surface area contributed by atoms with Crippen LogP contribution in [0.4, 0.5) is 5.69 Å². The topological polar surface area (TPSA) is 66.5 Å². The third-order valence-corrected chi connectivity index (χ3v) is 2.09. The number of rotatable bonds is 3. The monoisotopic (exact) mass is 213 g/mol. The van der Waals surface area contributed by atoms with Crippen LogP contribution in [0.15, 0.2) is 30.6 Å². The van der Waals surface area contributed by atoms with E-state index in [4.69, 9.17) is 5.26 Å². The Morgan fingerprint density at radius 3 is 3.06 bits per heavy atom. The predicted molar refractivity (Wildman–Crippen MR) is 59.5 cm³/mol. The van der Waals surface area contributed by atoms with E-state index in [-0.39, 0.29) is 0 Å². The Bertz CT molecular complexity index is 523. The van der Waals surface area contributed by atoms with Crippen LogP contribution in [-0.4, -0.2) is 14.8 Å². The maximum Gasteiger partial charge on any atom is 0.169 e. The van der Waals surface area contributed by atoms with Gasteiger partial charge in [-0.25, -0.2) is 4.98 Å². The molecule has 0 aliphatic rings. The summed E-state index contributed by atoms with van der Waals surface area (Å²) < 4.78 is 1.66. The number of aryl methyl sites for hydroxylation is 1. The van der Waals surface area contributed by atoms with Gasteiger partial charge in [0.05, 0.1) is 18.2 Å². The van der Waals surface area contributed by atoms with Gasteiger partial charge in [-0.3, -0.25) is 4.68 Å².